The molecule has 3 heterocycles. The molecule has 2 unspecified atom stereocenters. The molecular weight excluding hydrogens is 280 g/mol. The van der Waals surface area contributed by atoms with E-state index in [0.717, 1.165) is 22.6 Å². The Bertz CT molecular complexity index is 764. The first-order chi connectivity index (χ1) is 10.6. The van der Waals surface area contributed by atoms with Gasteiger partial charge >= 0.3 is 0 Å². The van der Waals surface area contributed by atoms with Crippen molar-refractivity contribution >= 4 is 5.65 Å². The fourth-order valence-corrected chi connectivity index (χ4v) is 2.58. The maximum Gasteiger partial charge on any atom is 0.155 e. The summed E-state index contributed by atoms with van der Waals surface area (Å²) in [5.41, 5.74) is 3.90. The first kappa shape index (κ1) is 14.7. The Hall–Kier alpha value is -2.18. The highest BCUT2D eigenvalue weighted by molar-refractivity contribution is 5.42. The first-order valence-electron chi connectivity index (χ1n) is 7.33. The van der Waals surface area contributed by atoms with Gasteiger partial charge in [-0.2, -0.15) is 5.10 Å². The van der Waals surface area contributed by atoms with Crippen LogP contribution in [0, 0.1) is 13.8 Å². The summed E-state index contributed by atoms with van der Waals surface area (Å²) in [5.74, 6) is 0.563. The molecule has 116 valence electrons. The second-order valence-corrected chi connectivity index (χ2v) is 5.52. The number of nitrogens with one attached hydrogen (secondary N) is 1. The lowest BCUT2D eigenvalue weighted by atomic mass is 10.1. The molecule has 3 aromatic rings. The zero-order valence-corrected chi connectivity index (χ0v) is 12.9. The Morgan fingerprint density at radius 2 is 2.23 bits per heavy atom. The van der Waals surface area contributed by atoms with Gasteiger partial charge in [0, 0.05) is 36.1 Å². The molecule has 0 aromatic carbocycles. The third-order valence-corrected chi connectivity index (χ3v) is 3.84. The van der Waals surface area contributed by atoms with Crippen LogP contribution in [0.3, 0.4) is 0 Å². The average molecular weight is 300 g/mol. The van der Waals surface area contributed by atoms with Gasteiger partial charge in [0.15, 0.2) is 5.65 Å². The highest BCUT2D eigenvalue weighted by Crippen LogP contribution is 2.19. The fraction of sp³-hybridized carbons (Fsp3) is 0.375. The molecule has 2 N–H and O–H groups in total. The van der Waals surface area contributed by atoms with E-state index in [9.17, 15) is 5.11 Å². The highest BCUT2D eigenvalue weighted by Gasteiger charge is 2.16. The van der Waals surface area contributed by atoms with Gasteiger partial charge in [-0.05, 0) is 32.9 Å². The lowest BCUT2D eigenvalue weighted by molar-refractivity contribution is 0.144. The highest BCUT2D eigenvalue weighted by atomic mass is 16.4. The van der Waals surface area contributed by atoms with Crippen molar-refractivity contribution < 1.29 is 9.52 Å². The van der Waals surface area contributed by atoms with Gasteiger partial charge in [0.25, 0.3) is 0 Å². The molecule has 0 aliphatic heterocycles. The van der Waals surface area contributed by atoms with E-state index in [1.807, 2.05) is 37.5 Å². The second-order valence-electron chi connectivity index (χ2n) is 5.52. The lowest BCUT2D eigenvalue weighted by Gasteiger charge is -2.18. The first-order valence-corrected chi connectivity index (χ1v) is 7.33. The van der Waals surface area contributed by atoms with Crippen molar-refractivity contribution in [2.45, 2.75) is 32.9 Å². The standard InChI is InChI=1S/C16H20N4O2/c1-10-7-16-18-8-13(12(3)20(16)19-10)11(2)17-9-14(21)15-5-4-6-22-15/h4-8,11,14,17,21H,9H2,1-3H3. The van der Waals surface area contributed by atoms with Crippen LogP contribution in [-0.2, 0) is 0 Å². The van der Waals surface area contributed by atoms with Gasteiger partial charge in [-0.1, -0.05) is 0 Å². The van der Waals surface area contributed by atoms with Crippen molar-refractivity contribution in [2.75, 3.05) is 6.54 Å². The molecule has 3 aromatic heterocycles. The van der Waals surface area contributed by atoms with Crippen molar-refractivity contribution in [3.05, 3.63) is 53.4 Å². The van der Waals surface area contributed by atoms with Gasteiger partial charge in [0.05, 0.1) is 12.0 Å². The minimum atomic E-state index is -0.665. The maximum atomic E-state index is 10.1. The number of fused-ring (bicyclic) bond motifs is 1. The molecule has 0 radical (unpaired) electrons. The van der Waals surface area contributed by atoms with E-state index in [4.69, 9.17) is 4.42 Å². The van der Waals surface area contributed by atoms with E-state index in [1.54, 1.807) is 18.4 Å². The number of aliphatic hydroxyl groups is 1. The number of nitrogens with zero attached hydrogens (tertiary/aromatic N) is 3. The number of hydrogen-bond acceptors (Lipinski definition) is 5. The summed E-state index contributed by atoms with van der Waals surface area (Å²) in [4.78, 5) is 4.44. The zero-order chi connectivity index (χ0) is 15.7. The van der Waals surface area contributed by atoms with Gasteiger partial charge in [-0.15, -0.1) is 0 Å². The zero-order valence-electron chi connectivity index (χ0n) is 12.9. The quantitative estimate of drug-likeness (QED) is 0.756. The molecule has 6 nitrogen and oxygen atoms in total. The normalized spacial score (nSPS) is 14.4. The molecule has 0 aliphatic rings. The van der Waals surface area contributed by atoms with E-state index in [1.165, 1.54) is 0 Å². The third-order valence-electron chi connectivity index (χ3n) is 3.84. The summed E-state index contributed by atoms with van der Waals surface area (Å²) >= 11 is 0. The van der Waals surface area contributed by atoms with E-state index < -0.39 is 6.10 Å². The molecule has 0 fully saturated rings. The van der Waals surface area contributed by atoms with Crippen molar-refractivity contribution in [3.8, 4) is 0 Å². The average Bonchev–Trinajstić information content (AvgIpc) is 3.13. The fourth-order valence-electron chi connectivity index (χ4n) is 2.58. The van der Waals surface area contributed by atoms with Crippen LogP contribution in [-0.4, -0.2) is 26.2 Å². The summed E-state index contributed by atoms with van der Waals surface area (Å²) < 4.78 is 7.05. The number of hydrogen-bond donors (Lipinski definition) is 2. The summed E-state index contributed by atoms with van der Waals surface area (Å²) in [7, 11) is 0. The van der Waals surface area contributed by atoms with E-state index >= 15 is 0 Å². The molecule has 0 spiro atoms. The minimum Gasteiger partial charge on any atom is -0.467 e. The Labute approximate surface area is 128 Å². The SMILES string of the molecule is Cc1cc2ncc(C(C)NCC(O)c3ccco3)c(C)n2n1. The summed E-state index contributed by atoms with van der Waals surface area (Å²) in [6, 6.07) is 5.54. The smallest absolute Gasteiger partial charge is 0.155 e. The Morgan fingerprint density at radius 3 is 2.95 bits per heavy atom. The van der Waals surface area contributed by atoms with Crippen LogP contribution in [0.4, 0.5) is 0 Å². The molecule has 0 saturated carbocycles. The van der Waals surface area contributed by atoms with Crippen molar-refractivity contribution in [2.24, 2.45) is 0 Å². The summed E-state index contributed by atoms with van der Waals surface area (Å²) in [5, 5.41) is 17.8. The largest absolute Gasteiger partial charge is 0.467 e. The number of aromatic nitrogens is 3. The Morgan fingerprint density at radius 1 is 1.41 bits per heavy atom. The van der Waals surface area contributed by atoms with E-state index in [-0.39, 0.29) is 6.04 Å². The number of furan rings is 1. The van der Waals surface area contributed by atoms with Crippen LogP contribution in [0.25, 0.3) is 5.65 Å². The van der Waals surface area contributed by atoms with Crippen LogP contribution in [0.5, 0.6) is 0 Å². The number of rotatable bonds is 5. The molecule has 3 rings (SSSR count). The lowest BCUT2D eigenvalue weighted by Crippen LogP contribution is -2.25. The van der Waals surface area contributed by atoms with Crippen LogP contribution < -0.4 is 5.32 Å². The topological polar surface area (TPSA) is 75.6 Å². The molecular formula is C16H20N4O2. The monoisotopic (exact) mass is 300 g/mol. The molecule has 0 aliphatic carbocycles. The summed E-state index contributed by atoms with van der Waals surface area (Å²) in [6.45, 7) is 6.43. The van der Waals surface area contributed by atoms with Crippen LogP contribution >= 0.6 is 0 Å². The predicted molar refractivity (Wildman–Crippen MR) is 82.5 cm³/mol. The van der Waals surface area contributed by atoms with Gasteiger partial charge < -0.3 is 14.8 Å². The van der Waals surface area contributed by atoms with Gasteiger partial charge in [0.1, 0.15) is 11.9 Å². The Balaban J connectivity index is 1.74. The Kier molecular flexibility index (Phi) is 3.96. The summed E-state index contributed by atoms with van der Waals surface area (Å²) in [6.07, 6.45) is 2.76. The molecule has 0 saturated heterocycles. The van der Waals surface area contributed by atoms with Crippen LogP contribution in [0.2, 0.25) is 0 Å². The molecule has 22 heavy (non-hydrogen) atoms. The molecule has 0 amide bonds. The second kappa shape index (κ2) is 5.90. The van der Waals surface area contributed by atoms with E-state index in [2.05, 4.69) is 15.4 Å². The van der Waals surface area contributed by atoms with Gasteiger partial charge in [-0.25, -0.2) is 9.50 Å². The van der Waals surface area contributed by atoms with Crippen molar-refractivity contribution in [3.63, 3.8) is 0 Å². The predicted octanol–water partition coefficient (Wildman–Crippen LogP) is 2.32. The van der Waals surface area contributed by atoms with E-state index in [0.29, 0.717) is 12.3 Å². The molecule has 2 atom stereocenters. The maximum absolute atomic E-state index is 10.1. The number of aliphatic hydroxyl groups excluding tert-OH is 1. The van der Waals surface area contributed by atoms with Gasteiger partial charge in [0.2, 0.25) is 0 Å². The van der Waals surface area contributed by atoms with Crippen LogP contribution in [0.15, 0.2) is 35.1 Å². The molecule has 6 heteroatoms. The number of aryl methyl sites for hydroxylation is 2. The van der Waals surface area contributed by atoms with Crippen molar-refractivity contribution in [1.82, 2.24) is 19.9 Å². The third kappa shape index (κ3) is 2.75. The van der Waals surface area contributed by atoms with Crippen LogP contribution in [0.1, 0.15) is 41.8 Å². The minimum absolute atomic E-state index is 0.0472. The molecule has 0 bridgehead atoms. The van der Waals surface area contributed by atoms with Crippen molar-refractivity contribution in [1.29, 1.82) is 0 Å². The van der Waals surface area contributed by atoms with Gasteiger partial charge in [-0.3, -0.25) is 0 Å².